The van der Waals surface area contributed by atoms with Gasteiger partial charge in [-0.3, -0.25) is 14.6 Å². The van der Waals surface area contributed by atoms with Gasteiger partial charge in [0.05, 0.1) is 11.4 Å². The second-order valence-electron chi connectivity index (χ2n) is 5.32. The van der Waals surface area contributed by atoms with Crippen LogP contribution in [0.4, 0.5) is 0 Å². The Hall–Kier alpha value is -3.21. The van der Waals surface area contributed by atoms with Crippen molar-refractivity contribution in [3.8, 4) is 11.4 Å². The molecule has 2 N–H and O–H groups in total. The number of nitrogens with zero attached hydrogens (tertiary/aromatic N) is 1. The molecule has 2 aromatic heterocycles. The smallest absolute Gasteiger partial charge is 0.261 e. The first-order valence-electron chi connectivity index (χ1n) is 7.71. The molecule has 0 unspecified atom stereocenters. The number of amides is 1. The molecule has 0 spiro atoms. The highest BCUT2D eigenvalue weighted by atomic mass is 16.2. The van der Waals surface area contributed by atoms with Gasteiger partial charge in [0.2, 0.25) is 0 Å². The van der Waals surface area contributed by atoms with Crippen LogP contribution in [-0.2, 0) is 6.42 Å². The van der Waals surface area contributed by atoms with Crippen molar-refractivity contribution >= 4 is 5.91 Å². The van der Waals surface area contributed by atoms with Gasteiger partial charge in [0.15, 0.2) is 0 Å². The van der Waals surface area contributed by atoms with E-state index in [-0.39, 0.29) is 11.5 Å². The van der Waals surface area contributed by atoms with Crippen LogP contribution in [0.1, 0.15) is 15.9 Å². The molecule has 0 aliphatic rings. The summed E-state index contributed by atoms with van der Waals surface area (Å²) in [6, 6.07) is 18.5. The highest BCUT2D eigenvalue weighted by Gasteiger charge is 2.11. The van der Waals surface area contributed by atoms with E-state index in [1.165, 1.54) is 6.07 Å². The molecule has 0 saturated carbocycles. The summed E-state index contributed by atoms with van der Waals surface area (Å²) in [4.78, 5) is 31.2. The minimum absolute atomic E-state index is 0.0998. The van der Waals surface area contributed by atoms with Crippen molar-refractivity contribution in [1.82, 2.24) is 15.3 Å². The Bertz CT molecular complexity index is 874. The van der Waals surface area contributed by atoms with Crippen LogP contribution in [0.25, 0.3) is 11.4 Å². The summed E-state index contributed by atoms with van der Waals surface area (Å²) in [5.41, 5.74) is 2.06. The van der Waals surface area contributed by atoms with Gasteiger partial charge in [0.25, 0.3) is 11.5 Å². The minimum atomic E-state index is -0.421. The predicted molar refractivity (Wildman–Crippen MR) is 92.8 cm³/mol. The molecule has 0 atom stereocenters. The van der Waals surface area contributed by atoms with Crippen molar-refractivity contribution in [2.75, 3.05) is 6.54 Å². The Morgan fingerprint density at radius 1 is 1.00 bits per heavy atom. The van der Waals surface area contributed by atoms with Gasteiger partial charge in [-0.1, -0.05) is 36.4 Å². The molecule has 3 rings (SSSR count). The number of aromatic nitrogens is 2. The molecule has 1 aromatic carbocycles. The molecular weight excluding hydrogens is 302 g/mol. The van der Waals surface area contributed by atoms with Crippen LogP contribution in [0.3, 0.4) is 0 Å². The zero-order chi connectivity index (χ0) is 16.8. The fourth-order valence-corrected chi connectivity index (χ4v) is 2.38. The van der Waals surface area contributed by atoms with E-state index in [0.717, 1.165) is 12.0 Å². The van der Waals surface area contributed by atoms with Gasteiger partial charge in [0.1, 0.15) is 5.56 Å². The van der Waals surface area contributed by atoms with Crippen LogP contribution in [0.5, 0.6) is 0 Å². The molecule has 0 aliphatic carbocycles. The number of hydrogen-bond donors (Lipinski definition) is 2. The number of aromatic amines is 1. The zero-order valence-corrected chi connectivity index (χ0v) is 13.0. The Morgan fingerprint density at radius 2 is 1.79 bits per heavy atom. The number of rotatable bonds is 5. The van der Waals surface area contributed by atoms with Crippen molar-refractivity contribution in [3.05, 3.63) is 88.3 Å². The molecule has 2 heterocycles. The van der Waals surface area contributed by atoms with E-state index in [9.17, 15) is 9.59 Å². The Kier molecular flexibility index (Phi) is 4.81. The third kappa shape index (κ3) is 3.76. The third-order valence-electron chi connectivity index (χ3n) is 3.64. The molecule has 0 aliphatic heterocycles. The summed E-state index contributed by atoms with van der Waals surface area (Å²) in [7, 11) is 0. The molecule has 24 heavy (non-hydrogen) atoms. The largest absolute Gasteiger partial charge is 0.352 e. The third-order valence-corrected chi connectivity index (χ3v) is 3.64. The van der Waals surface area contributed by atoms with E-state index >= 15 is 0 Å². The number of nitrogens with one attached hydrogen (secondary N) is 2. The molecule has 0 saturated heterocycles. The van der Waals surface area contributed by atoms with Crippen molar-refractivity contribution < 1.29 is 4.79 Å². The highest BCUT2D eigenvalue weighted by molar-refractivity contribution is 5.94. The predicted octanol–water partition coefficient (Wildman–Crippen LogP) is 2.41. The summed E-state index contributed by atoms with van der Waals surface area (Å²) in [5.74, 6) is -0.375. The van der Waals surface area contributed by atoms with Crippen LogP contribution < -0.4 is 10.9 Å². The number of carbonyl (C=O) groups is 1. The number of hydrogen-bond acceptors (Lipinski definition) is 3. The molecule has 0 radical (unpaired) electrons. The summed E-state index contributed by atoms with van der Waals surface area (Å²) >= 11 is 0. The summed E-state index contributed by atoms with van der Waals surface area (Å²) in [5, 5.41) is 2.77. The normalized spacial score (nSPS) is 10.3. The standard InChI is InChI=1S/C19H17N3O2/c23-18(21-13-11-14-6-2-1-3-7-14)15-9-10-17(22-19(15)24)16-8-4-5-12-20-16/h1-10,12H,11,13H2,(H,21,23)(H,22,24). The monoisotopic (exact) mass is 319 g/mol. The second-order valence-corrected chi connectivity index (χ2v) is 5.32. The van der Waals surface area contributed by atoms with Crippen molar-refractivity contribution in [2.45, 2.75) is 6.42 Å². The average Bonchev–Trinajstić information content (AvgIpc) is 2.63. The van der Waals surface area contributed by atoms with Gasteiger partial charge in [-0.15, -0.1) is 0 Å². The number of carbonyl (C=O) groups excluding carboxylic acids is 1. The molecule has 5 heteroatoms. The van der Waals surface area contributed by atoms with E-state index in [4.69, 9.17) is 0 Å². The first-order valence-corrected chi connectivity index (χ1v) is 7.71. The highest BCUT2D eigenvalue weighted by Crippen LogP contribution is 2.11. The maximum atomic E-state index is 12.2. The Morgan fingerprint density at radius 3 is 2.50 bits per heavy atom. The van der Waals surface area contributed by atoms with Gasteiger partial charge < -0.3 is 10.3 Å². The van der Waals surface area contributed by atoms with E-state index in [1.807, 2.05) is 36.4 Å². The number of benzene rings is 1. The van der Waals surface area contributed by atoms with Crippen molar-refractivity contribution in [2.24, 2.45) is 0 Å². The SMILES string of the molecule is O=C(NCCc1ccccc1)c1ccc(-c2ccccn2)[nH]c1=O. The fraction of sp³-hybridized carbons (Fsp3) is 0.105. The lowest BCUT2D eigenvalue weighted by atomic mass is 10.1. The fourth-order valence-electron chi connectivity index (χ4n) is 2.38. The summed E-state index contributed by atoms with van der Waals surface area (Å²) in [6.45, 7) is 0.476. The maximum Gasteiger partial charge on any atom is 0.261 e. The van der Waals surface area contributed by atoms with Gasteiger partial charge in [0, 0.05) is 12.7 Å². The lowest BCUT2D eigenvalue weighted by Gasteiger charge is -2.06. The van der Waals surface area contributed by atoms with Gasteiger partial charge >= 0.3 is 0 Å². The molecular formula is C19H17N3O2. The first kappa shape index (κ1) is 15.7. The van der Waals surface area contributed by atoms with Crippen LogP contribution in [-0.4, -0.2) is 22.4 Å². The van der Waals surface area contributed by atoms with Crippen LogP contribution >= 0.6 is 0 Å². The van der Waals surface area contributed by atoms with E-state index in [0.29, 0.717) is 17.9 Å². The molecule has 3 aromatic rings. The van der Waals surface area contributed by atoms with Gasteiger partial charge in [-0.05, 0) is 36.2 Å². The average molecular weight is 319 g/mol. The minimum Gasteiger partial charge on any atom is -0.352 e. The summed E-state index contributed by atoms with van der Waals surface area (Å²) < 4.78 is 0. The van der Waals surface area contributed by atoms with Crippen molar-refractivity contribution in [3.63, 3.8) is 0 Å². The van der Waals surface area contributed by atoms with E-state index in [2.05, 4.69) is 15.3 Å². The zero-order valence-electron chi connectivity index (χ0n) is 13.0. The Balaban J connectivity index is 1.66. The van der Waals surface area contributed by atoms with Crippen LogP contribution in [0.2, 0.25) is 0 Å². The van der Waals surface area contributed by atoms with Gasteiger partial charge in [-0.2, -0.15) is 0 Å². The van der Waals surface area contributed by atoms with Crippen LogP contribution in [0.15, 0.2) is 71.7 Å². The molecule has 120 valence electrons. The quantitative estimate of drug-likeness (QED) is 0.758. The van der Waals surface area contributed by atoms with Gasteiger partial charge in [-0.25, -0.2) is 0 Å². The lowest BCUT2D eigenvalue weighted by Crippen LogP contribution is -2.31. The first-order chi connectivity index (χ1) is 11.7. The van der Waals surface area contributed by atoms with Crippen LogP contribution in [0, 0.1) is 0 Å². The van der Waals surface area contributed by atoms with E-state index < -0.39 is 5.56 Å². The van der Waals surface area contributed by atoms with Crippen molar-refractivity contribution in [1.29, 1.82) is 0 Å². The maximum absolute atomic E-state index is 12.2. The molecule has 0 fully saturated rings. The second kappa shape index (κ2) is 7.37. The molecule has 5 nitrogen and oxygen atoms in total. The molecule has 1 amide bonds. The number of H-pyrrole nitrogens is 1. The molecule has 0 bridgehead atoms. The topological polar surface area (TPSA) is 74.8 Å². The Labute approximate surface area is 139 Å². The number of pyridine rings is 2. The lowest BCUT2D eigenvalue weighted by molar-refractivity contribution is 0.0952. The van der Waals surface area contributed by atoms with E-state index in [1.54, 1.807) is 24.4 Å². The summed E-state index contributed by atoms with van der Waals surface area (Å²) in [6.07, 6.45) is 2.37.